The van der Waals surface area contributed by atoms with Gasteiger partial charge >= 0.3 is 0 Å². The SMILES string of the molecule is CSCC[C@H](N)C(=O)Nc1ccc(NC(=O)c2cnoc2C)cc1.Cl. The second-order valence-corrected chi connectivity index (χ2v) is 6.19. The number of benzene rings is 1. The van der Waals surface area contributed by atoms with Gasteiger partial charge in [-0.25, -0.2) is 0 Å². The minimum atomic E-state index is -0.534. The van der Waals surface area contributed by atoms with Crippen molar-refractivity contribution in [1.29, 1.82) is 0 Å². The predicted molar refractivity (Wildman–Crippen MR) is 102 cm³/mol. The van der Waals surface area contributed by atoms with E-state index in [1.807, 2.05) is 6.26 Å². The molecule has 0 fully saturated rings. The van der Waals surface area contributed by atoms with Gasteiger partial charge in [-0.05, 0) is 49.6 Å². The van der Waals surface area contributed by atoms with Gasteiger partial charge in [0.2, 0.25) is 5.91 Å². The van der Waals surface area contributed by atoms with Crippen molar-refractivity contribution in [2.75, 3.05) is 22.6 Å². The number of carbonyl (C=O) groups is 2. The molecular weight excluding hydrogens is 364 g/mol. The summed E-state index contributed by atoms with van der Waals surface area (Å²) in [6.45, 7) is 1.67. The van der Waals surface area contributed by atoms with Crippen LogP contribution in [-0.4, -0.2) is 35.0 Å². The van der Waals surface area contributed by atoms with Crippen molar-refractivity contribution in [3.63, 3.8) is 0 Å². The van der Waals surface area contributed by atoms with E-state index in [9.17, 15) is 9.59 Å². The van der Waals surface area contributed by atoms with E-state index in [1.165, 1.54) is 6.20 Å². The second kappa shape index (κ2) is 10.1. The van der Waals surface area contributed by atoms with Crippen LogP contribution >= 0.6 is 24.2 Å². The highest BCUT2D eigenvalue weighted by atomic mass is 35.5. The van der Waals surface area contributed by atoms with E-state index in [1.54, 1.807) is 43.0 Å². The van der Waals surface area contributed by atoms with Crippen molar-refractivity contribution in [1.82, 2.24) is 5.16 Å². The maximum Gasteiger partial charge on any atom is 0.260 e. The Morgan fingerprint density at radius 2 is 1.84 bits per heavy atom. The van der Waals surface area contributed by atoms with Crippen LogP contribution in [0.25, 0.3) is 0 Å². The largest absolute Gasteiger partial charge is 0.361 e. The normalized spacial score (nSPS) is 11.3. The predicted octanol–water partition coefficient (Wildman–Crippen LogP) is 2.68. The van der Waals surface area contributed by atoms with Crippen LogP contribution in [0, 0.1) is 6.92 Å². The van der Waals surface area contributed by atoms with Crippen LogP contribution in [0.1, 0.15) is 22.5 Å². The fourth-order valence-corrected chi connectivity index (χ4v) is 2.45. The maximum atomic E-state index is 12.0. The van der Waals surface area contributed by atoms with Crippen molar-refractivity contribution in [2.45, 2.75) is 19.4 Å². The number of anilines is 2. The molecule has 2 rings (SSSR count). The molecule has 0 saturated heterocycles. The first-order chi connectivity index (χ1) is 11.5. The summed E-state index contributed by atoms with van der Waals surface area (Å²) in [6.07, 6.45) is 3.97. The van der Waals surface area contributed by atoms with Crippen LogP contribution in [-0.2, 0) is 4.79 Å². The number of nitrogens with one attached hydrogen (secondary N) is 2. The lowest BCUT2D eigenvalue weighted by Crippen LogP contribution is -2.36. The van der Waals surface area contributed by atoms with Crippen LogP contribution in [0.15, 0.2) is 35.0 Å². The summed E-state index contributed by atoms with van der Waals surface area (Å²) < 4.78 is 4.86. The first-order valence-electron chi connectivity index (χ1n) is 7.39. The summed E-state index contributed by atoms with van der Waals surface area (Å²) in [5, 5.41) is 9.07. The fourth-order valence-electron chi connectivity index (χ4n) is 1.96. The number of thioether (sulfide) groups is 1. The number of aromatic nitrogens is 1. The summed E-state index contributed by atoms with van der Waals surface area (Å²) >= 11 is 1.65. The number of hydrogen-bond donors (Lipinski definition) is 3. The molecule has 1 atom stereocenters. The summed E-state index contributed by atoms with van der Waals surface area (Å²) in [4.78, 5) is 24.0. The smallest absolute Gasteiger partial charge is 0.260 e. The molecule has 2 aromatic rings. The summed E-state index contributed by atoms with van der Waals surface area (Å²) in [5.74, 6) is 0.767. The van der Waals surface area contributed by atoms with Crippen LogP contribution in [0.4, 0.5) is 11.4 Å². The number of nitrogens with two attached hydrogens (primary N) is 1. The Kier molecular flexibility index (Phi) is 8.47. The minimum absolute atomic E-state index is 0. The van der Waals surface area contributed by atoms with Crippen LogP contribution < -0.4 is 16.4 Å². The van der Waals surface area contributed by atoms with Gasteiger partial charge in [-0.3, -0.25) is 9.59 Å². The molecular formula is C16H21ClN4O3S. The van der Waals surface area contributed by atoms with Crippen LogP contribution in [0.3, 0.4) is 0 Å². The standard InChI is InChI=1S/C16H20N4O3S.ClH/c1-10-13(9-18-23-10)15(21)19-11-3-5-12(6-4-11)20-16(22)14(17)7-8-24-2;/h3-6,9,14H,7-8,17H2,1-2H3,(H,19,21)(H,20,22);1H/t14-;/m0./s1. The van der Waals surface area contributed by atoms with Crippen LogP contribution in [0.5, 0.6) is 0 Å². The Labute approximate surface area is 156 Å². The molecule has 7 nitrogen and oxygen atoms in total. The van der Waals surface area contributed by atoms with E-state index in [0.29, 0.717) is 29.1 Å². The Morgan fingerprint density at radius 1 is 1.24 bits per heavy atom. The summed E-state index contributed by atoms with van der Waals surface area (Å²) in [7, 11) is 0. The molecule has 0 aliphatic rings. The molecule has 0 spiro atoms. The lowest BCUT2D eigenvalue weighted by Gasteiger charge is -2.12. The first kappa shape index (κ1) is 21.0. The Hall–Kier alpha value is -2.03. The number of aryl methyl sites for hydroxylation is 1. The van der Waals surface area contributed by atoms with E-state index in [0.717, 1.165) is 5.75 Å². The van der Waals surface area contributed by atoms with Crippen molar-refractivity contribution >= 4 is 47.4 Å². The van der Waals surface area contributed by atoms with Gasteiger partial charge in [0, 0.05) is 11.4 Å². The van der Waals surface area contributed by atoms with E-state index in [4.69, 9.17) is 10.3 Å². The molecule has 0 radical (unpaired) electrons. The molecule has 0 bridgehead atoms. The molecule has 0 aliphatic heterocycles. The van der Waals surface area contributed by atoms with Gasteiger partial charge in [0.05, 0.1) is 12.2 Å². The topological polar surface area (TPSA) is 110 Å². The Balaban J connectivity index is 0.00000312. The zero-order valence-electron chi connectivity index (χ0n) is 13.9. The average Bonchev–Trinajstić information content (AvgIpc) is 3.00. The zero-order valence-corrected chi connectivity index (χ0v) is 15.6. The average molecular weight is 385 g/mol. The van der Waals surface area contributed by atoms with Gasteiger partial charge in [0.25, 0.3) is 5.91 Å². The number of halogens is 1. The van der Waals surface area contributed by atoms with Crippen molar-refractivity contribution in [3.05, 3.63) is 41.8 Å². The van der Waals surface area contributed by atoms with E-state index < -0.39 is 6.04 Å². The van der Waals surface area contributed by atoms with Gasteiger partial charge < -0.3 is 20.9 Å². The zero-order chi connectivity index (χ0) is 17.5. The molecule has 0 aliphatic carbocycles. The van der Waals surface area contributed by atoms with Gasteiger partial charge in [-0.2, -0.15) is 11.8 Å². The number of rotatable bonds is 7. The molecule has 1 heterocycles. The molecule has 9 heteroatoms. The summed E-state index contributed by atoms with van der Waals surface area (Å²) in [6, 6.07) is 6.27. The van der Waals surface area contributed by atoms with Gasteiger partial charge in [-0.15, -0.1) is 12.4 Å². The van der Waals surface area contributed by atoms with E-state index in [-0.39, 0.29) is 24.2 Å². The molecule has 136 valence electrons. The molecule has 2 amide bonds. The third kappa shape index (κ3) is 6.08. The molecule has 0 unspecified atom stereocenters. The molecule has 25 heavy (non-hydrogen) atoms. The highest BCUT2D eigenvalue weighted by Gasteiger charge is 2.14. The number of carbonyl (C=O) groups excluding carboxylic acids is 2. The monoisotopic (exact) mass is 384 g/mol. The van der Waals surface area contributed by atoms with Crippen molar-refractivity contribution in [2.24, 2.45) is 5.73 Å². The number of hydrogen-bond acceptors (Lipinski definition) is 6. The lowest BCUT2D eigenvalue weighted by molar-refractivity contribution is -0.117. The first-order valence-corrected chi connectivity index (χ1v) is 8.78. The fraction of sp³-hybridized carbons (Fsp3) is 0.312. The van der Waals surface area contributed by atoms with Crippen molar-refractivity contribution in [3.8, 4) is 0 Å². The second-order valence-electron chi connectivity index (χ2n) is 5.20. The molecule has 0 saturated carbocycles. The molecule has 4 N–H and O–H groups in total. The van der Waals surface area contributed by atoms with Gasteiger partial charge in [0.1, 0.15) is 11.3 Å². The molecule has 1 aromatic carbocycles. The third-order valence-corrected chi connectivity index (χ3v) is 4.02. The van der Waals surface area contributed by atoms with Crippen molar-refractivity contribution < 1.29 is 14.1 Å². The lowest BCUT2D eigenvalue weighted by atomic mass is 10.2. The highest BCUT2D eigenvalue weighted by molar-refractivity contribution is 7.98. The van der Waals surface area contributed by atoms with E-state index in [2.05, 4.69) is 15.8 Å². The minimum Gasteiger partial charge on any atom is -0.361 e. The maximum absolute atomic E-state index is 12.0. The molecule has 1 aromatic heterocycles. The Morgan fingerprint density at radius 3 is 2.36 bits per heavy atom. The number of nitrogens with zero attached hydrogens (tertiary/aromatic N) is 1. The highest BCUT2D eigenvalue weighted by Crippen LogP contribution is 2.16. The van der Waals surface area contributed by atoms with Gasteiger partial charge in [-0.1, -0.05) is 5.16 Å². The third-order valence-electron chi connectivity index (χ3n) is 3.38. The van der Waals surface area contributed by atoms with Crippen LogP contribution in [0.2, 0.25) is 0 Å². The quantitative estimate of drug-likeness (QED) is 0.676. The van der Waals surface area contributed by atoms with E-state index >= 15 is 0 Å². The Bertz CT molecular complexity index is 706. The number of amides is 2. The summed E-state index contributed by atoms with van der Waals surface area (Å²) in [5.41, 5.74) is 7.43. The van der Waals surface area contributed by atoms with Gasteiger partial charge in [0.15, 0.2) is 0 Å².